The SMILES string of the molecule is O=[N+]([O-])c1cc(Cl)ccc1Oc1ccc(C(O)c2nnc(-c3ccccc3)o2)cc1. The Kier molecular flexibility index (Phi) is 5.42. The third-order valence-corrected chi connectivity index (χ3v) is 4.47. The Labute approximate surface area is 175 Å². The first-order chi connectivity index (χ1) is 14.5. The summed E-state index contributed by atoms with van der Waals surface area (Å²) in [6.07, 6.45) is -1.13. The van der Waals surface area contributed by atoms with Crippen molar-refractivity contribution in [2.45, 2.75) is 6.10 Å². The quantitative estimate of drug-likeness (QED) is 0.336. The van der Waals surface area contributed by atoms with Crippen molar-refractivity contribution in [2.75, 3.05) is 0 Å². The molecular weight excluding hydrogens is 410 g/mol. The first-order valence-electron chi connectivity index (χ1n) is 8.80. The second kappa shape index (κ2) is 8.32. The van der Waals surface area contributed by atoms with Gasteiger partial charge >= 0.3 is 5.69 Å². The maximum Gasteiger partial charge on any atom is 0.313 e. The van der Waals surface area contributed by atoms with Gasteiger partial charge in [0.05, 0.1) is 4.92 Å². The highest BCUT2D eigenvalue weighted by atomic mass is 35.5. The van der Waals surface area contributed by atoms with E-state index < -0.39 is 11.0 Å². The third-order valence-electron chi connectivity index (χ3n) is 4.24. The molecule has 1 unspecified atom stereocenters. The van der Waals surface area contributed by atoms with Gasteiger partial charge in [-0.3, -0.25) is 10.1 Å². The van der Waals surface area contributed by atoms with Crippen LogP contribution in [0.1, 0.15) is 17.6 Å². The van der Waals surface area contributed by atoms with Gasteiger partial charge in [0.1, 0.15) is 5.75 Å². The van der Waals surface area contributed by atoms with E-state index >= 15 is 0 Å². The van der Waals surface area contributed by atoms with Gasteiger partial charge in [-0.1, -0.05) is 41.9 Å². The molecule has 1 N–H and O–H groups in total. The summed E-state index contributed by atoms with van der Waals surface area (Å²) in [7, 11) is 0. The van der Waals surface area contributed by atoms with Gasteiger partial charge in [0, 0.05) is 16.7 Å². The van der Waals surface area contributed by atoms with Crippen LogP contribution >= 0.6 is 11.6 Å². The van der Waals surface area contributed by atoms with E-state index in [0.717, 1.165) is 5.56 Å². The van der Waals surface area contributed by atoms with Crippen molar-refractivity contribution in [3.8, 4) is 23.0 Å². The Morgan fingerprint density at radius 1 is 1.03 bits per heavy atom. The molecule has 0 aliphatic heterocycles. The molecule has 0 aliphatic rings. The predicted octanol–water partition coefficient (Wildman–Crippen LogP) is 5.17. The molecule has 1 aromatic heterocycles. The minimum atomic E-state index is -1.13. The molecule has 3 aromatic carbocycles. The topological polar surface area (TPSA) is 112 Å². The number of aromatic nitrogens is 2. The van der Waals surface area contributed by atoms with E-state index in [9.17, 15) is 15.2 Å². The van der Waals surface area contributed by atoms with Gasteiger partial charge in [0.2, 0.25) is 17.5 Å². The van der Waals surface area contributed by atoms with Crippen molar-refractivity contribution in [3.63, 3.8) is 0 Å². The number of aliphatic hydroxyl groups is 1. The van der Waals surface area contributed by atoms with Crippen molar-refractivity contribution < 1.29 is 19.2 Å². The van der Waals surface area contributed by atoms with E-state index in [1.165, 1.54) is 18.2 Å². The molecule has 0 saturated carbocycles. The molecule has 4 aromatic rings. The number of nitrogens with zero attached hydrogens (tertiary/aromatic N) is 3. The molecule has 0 amide bonds. The van der Waals surface area contributed by atoms with Gasteiger partial charge in [-0.2, -0.15) is 0 Å². The molecule has 30 heavy (non-hydrogen) atoms. The third kappa shape index (κ3) is 4.14. The summed E-state index contributed by atoms with van der Waals surface area (Å²) in [4.78, 5) is 10.6. The van der Waals surface area contributed by atoms with Crippen molar-refractivity contribution in [3.05, 3.63) is 99.4 Å². The fourth-order valence-corrected chi connectivity index (χ4v) is 2.92. The molecule has 0 bridgehead atoms. The number of nitro benzene ring substituents is 1. The zero-order valence-corrected chi connectivity index (χ0v) is 16.1. The van der Waals surface area contributed by atoms with Gasteiger partial charge in [-0.25, -0.2) is 0 Å². The standard InChI is InChI=1S/C21H14ClN3O5/c22-15-8-11-18(17(12-15)25(27)28)29-16-9-6-13(7-10-16)19(26)21-24-23-20(30-21)14-4-2-1-3-5-14/h1-12,19,26H. The monoisotopic (exact) mass is 423 g/mol. The largest absolute Gasteiger partial charge is 0.450 e. The Morgan fingerprint density at radius 3 is 2.47 bits per heavy atom. The molecule has 0 saturated heterocycles. The summed E-state index contributed by atoms with van der Waals surface area (Å²) in [6, 6.07) is 19.7. The number of hydrogen-bond donors (Lipinski definition) is 1. The average molecular weight is 424 g/mol. The summed E-state index contributed by atoms with van der Waals surface area (Å²) >= 11 is 5.81. The Morgan fingerprint density at radius 2 is 1.77 bits per heavy atom. The van der Waals surface area contributed by atoms with Crippen LogP contribution in [-0.4, -0.2) is 20.2 Å². The lowest BCUT2D eigenvalue weighted by molar-refractivity contribution is -0.385. The lowest BCUT2D eigenvalue weighted by Gasteiger charge is -2.09. The van der Waals surface area contributed by atoms with Crippen LogP contribution in [0.5, 0.6) is 11.5 Å². The van der Waals surface area contributed by atoms with Crippen LogP contribution in [0.4, 0.5) is 5.69 Å². The molecule has 150 valence electrons. The summed E-state index contributed by atoms with van der Waals surface area (Å²) in [5.74, 6) is 0.768. The van der Waals surface area contributed by atoms with Crippen LogP contribution in [0.2, 0.25) is 5.02 Å². The van der Waals surface area contributed by atoms with E-state index in [4.69, 9.17) is 20.8 Å². The van der Waals surface area contributed by atoms with Gasteiger partial charge in [0.15, 0.2) is 6.10 Å². The maximum absolute atomic E-state index is 11.2. The minimum absolute atomic E-state index is 0.0517. The smallest absolute Gasteiger partial charge is 0.313 e. The van der Waals surface area contributed by atoms with Crippen molar-refractivity contribution in [1.29, 1.82) is 0 Å². The normalized spacial score (nSPS) is 11.8. The summed E-state index contributed by atoms with van der Waals surface area (Å²) in [5, 5.41) is 29.8. The average Bonchev–Trinajstić information content (AvgIpc) is 3.26. The van der Waals surface area contributed by atoms with Crippen molar-refractivity contribution in [2.24, 2.45) is 0 Å². The molecule has 0 spiro atoms. The van der Waals surface area contributed by atoms with Crippen LogP contribution in [0, 0.1) is 10.1 Å². The Balaban J connectivity index is 1.52. The van der Waals surface area contributed by atoms with Gasteiger partial charge < -0.3 is 14.3 Å². The van der Waals surface area contributed by atoms with Crippen LogP contribution in [0.3, 0.4) is 0 Å². The summed E-state index contributed by atoms with van der Waals surface area (Å²) in [6.45, 7) is 0. The van der Waals surface area contributed by atoms with E-state index in [2.05, 4.69) is 10.2 Å². The highest BCUT2D eigenvalue weighted by Crippen LogP contribution is 2.34. The molecule has 0 fully saturated rings. The first-order valence-corrected chi connectivity index (χ1v) is 9.18. The minimum Gasteiger partial charge on any atom is -0.450 e. The Hall–Kier alpha value is -3.75. The molecule has 1 atom stereocenters. The molecule has 4 rings (SSSR count). The highest BCUT2D eigenvalue weighted by molar-refractivity contribution is 6.30. The second-order valence-electron chi connectivity index (χ2n) is 6.25. The van der Waals surface area contributed by atoms with Crippen LogP contribution in [-0.2, 0) is 0 Å². The number of nitro groups is 1. The lowest BCUT2D eigenvalue weighted by Crippen LogP contribution is -2.00. The number of hydrogen-bond acceptors (Lipinski definition) is 7. The second-order valence-corrected chi connectivity index (χ2v) is 6.69. The number of benzene rings is 3. The molecule has 8 nitrogen and oxygen atoms in total. The first kappa shape index (κ1) is 19.6. The van der Waals surface area contributed by atoms with Crippen LogP contribution < -0.4 is 4.74 Å². The molecule has 0 aliphatic carbocycles. The van der Waals surface area contributed by atoms with Crippen molar-refractivity contribution >= 4 is 17.3 Å². The van der Waals surface area contributed by atoms with Crippen LogP contribution in [0.25, 0.3) is 11.5 Å². The molecule has 9 heteroatoms. The predicted molar refractivity (Wildman–Crippen MR) is 108 cm³/mol. The van der Waals surface area contributed by atoms with E-state index in [1.54, 1.807) is 24.3 Å². The Bertz CT molecular complexity index is 1180. The van der Waals surface area contributed by atoms with E-state index in [0.29, 0.717) is 17.2 Å². The van der Waals surface area contributed by atoms with E-state index in [-0.39, 0.29) is 22.4 Å². The zero-order chi connectivity index (χ0) is 21.1. The molecule has 1 heterocycles. The van der Waals surface area contributed by atoms with Gasteiger partial charge in [0.25, 0.3) is 0 Å². The summed E-state index contributed by atoms with van der Waals surface area (Å²) in [5.41, 5.74) is 0.999. The summed E-state index contributed by atoms with van der Waals surface area (Å²) < 4.78 is 11.2. The fraction of sp³-hybridized carbons (Fsp3) is 0.0476. The fourth-order valence-electron chi connectivity index (χ4n) is 2.75. The number of rotatable bonds is 6. The maximum atomic E-state index is 11.2. The highest BCUT2D eigenvalue weighted by Gasteiger charge is 2.20. The lowest BCUT2D eigenvalue weighted by atomic mass is 10.1. The zero-order valence-electron chi connectivity index (χ0n) is 15.3. The van der Waals surface area contributed by atoms with Crippen molar-refractivity contribution in [1.82, 2.24) is 10.2 Å². The number of halogens is 1. The van der Waals surface area contributed by atoms with E-state index in [1.807, 2.05) is 30.3 Å². The molecule has 0 radical (unpaired) electrons. The van der Waals surface area contributed by atoms with Gasteiger partial charge in [-0.05, 0) is 42.0 Å². The van der Waals surface area contributed by atoms with Gasteiger partial charge in [-0.15, -0.1) is 10.2 Å². The van der Waals surface area contributed by atoms with Crippen LogP contribution in [0.15, 0.2) is 77.2 Å². The number of aliphatic hydroxyl groups excluding tert-OH is 1. The number of ether oxygens (including phenoxy) is 1. The molecular formula is C21H14ClN3O5.